The summed E-state index contributed by atoms with van der Waals surface area (Å²) >= 11 is 3.42. The van der Waals surface area contributed by atoms with Crippen LogP contribution in [0.2, 0.25) is 0 Å². The predicted molar refractivity (Wildman–Crippen MR) is 65.4 cm³/mol. The Morgan fingerprint density at radius 2 is 2.00 bits per heavy atom. The van der Waals surface area contributed by atoms with Crippen LogP contribution in [-0.4, -0.2) is 16.2 Å². The minimum atomic E-state index is -0.884. The molecule has 1 aromatic rings. The zero-order valence-electron chi connectivity index (χ0n) is 9.33. The third kappa shape index (κ3) is 3.32. The molecule has 0 fully saturated rings. The van der Waals surface area contributed by atoms with E-state index < -0.39 is 12.1 Å². The molecule has 88 valence electrons. The van der Waals surface area contributed by atoms with Crippen LogP contribution in [-0.2, 0) is 4.79 Å². The summed E-state index contributed by atoms with van der Waals surface area (Å²) in [5.74, 6) is -0.884. The number of aliphatic hydroxyl groups excluding tert-OH is 1. The van der Waals surface area contributed by atoms with Gasteiger partial charge in [0.15, 0.2) is 0 Å². The van der Waals surface area contributed by atoms with Crippen LogP contribution in [0.3, 0.4) is 0 Å². The molecule has 1 unspecified atom stereocenters. The van der Waals surface area contributed by atoms with E-state index in [1.54, 1.807) is 0 Å². The second-order valence-corrected chi connectivity index (χ2v) is 4.76. The van der Waals surface area contributed by atoms with E-state index in [-0.39, 0.29) is 12.8 Å². The van der Waals surface area contributed by atoms with Crippen molar-refractivity contribution in [3.8, 4) is 0 Å². The molecule has 16 heavy (non-hydrogen) atoms. The van der Waals surface area contributed by atoms with E-state index in [4.69, 9.17) is 5.11 Å². The van der Waals surface area contributed by atoms with Gasteiger partial charge < -0.3 is 10.2 Å². The number of carboxylic acid groups (broad SMARTS) is 1. The zero-order valence-corrected chi connectivity index (χ0v) is 10.9. The molecule has 4 heteroatoms. The highest BCUT2D eigenvalue weighted by atomic mass is 79.9. The van der Waals surface area contributed by atoms with Gasteiger partial charge in [-0.1, -0.05) is 22.0 Å². The maximum Gasteiger partial charge on any atom is 0.303 e. The van der Waals surface area contributed by atoms with Crippen LogP contribution in [0.4, 0.5) is 0 Å². The number of carboxylic acids is 1. The zero-order chi connectivity index (χ0) is 12.3. The highest BCUT2D eigenvalue weighted by Crippen LogP contribution is 2.27. The summed E-state index contributed by atoms with van der Waals surface area (Å²) in [5, 5.41) is 18.4. The summed E-state index contributed by atoms with van der Waals surface area (Å²) in [6, 6.07) is 3.83. The first-order chi connectivity index (χ1) is 7.41. The van der Waals surface area contributed by atoms with Gasteiger partial charge in [-0.25, -0.2) is 0 Å². The van der Waals surface area contributed by atoms with Crippen molar-refractivity contribution in [2.24, 2.45) is 0 Å². The van der Waals surface area contributed by atoms with Crippen LogP contribution >= 0.6 is 15.9 Å². The predicted octanol–water partition coefficient (Wildman–Crippen LogP) is 2.96. The molecule has 0 saturated heterocycles. The summed E-state index contributed by atoms with van der Waals surface area (Å²) in [6.45, 7) is 3.85. The van der Waals surface area contributed by atoms with Gasteiger partial charge in [0.05, 0.1) is 6.10 Å². The highest BCUT2D eigenvalue weighted by Gasteiger charge is 2.13. The van der Waals surface area contributed by atoms with Crippen LogP contribution < -0.4 is 0 Å². The van der Waals surface area contributed by atoms with Gasteiger partial charge in [0.2, 0.25) is 0 Å². The van der Waals surface area contributed by atoms with E-state index in [0.717, 1.165) is 21.2 Å². The van der Waals surface area contributed by atoms with E-state index in [9.17, 15) is 9.90 Å². The van der Waals surface area contributed by atoms with Gasteiger partial charge in [0, 0.05) is 10.9 Å². The number of carbonyl (C=O) groups is 1. The van der Waals surface area contributed by atoms with E-state index >= 15 is 0 Å². The van der Waals surface area contributed by atoms with E-state index in [0.29, 0.717) is 0 Å². The van der Waals surface area contributed by atoms with Gasteiger partial charge in [-0.2, -0.15) is 0 Å². The van der Waals surface area contributed by atoms with Crippen molar-refractivity contribution < 1.29 is 15.0 Å². The Hall–Kier alpha value is -0.870. The van der Waals surface area contributed by atoms with Gasteiger partial charge in [0.25, 0.3) is 0 Å². The first kappa shape index (κ1) is 13.2. The number of aliphatic carboxylic acids is 1. The number of rotatable bonds is 4. The number of benzene rings is 1. The third-order valence-corrected chi connectivity index (χ3v) is 3.39. The molecule has 0 aliphatic heterocycles. The highest BCUT2D eigenvalue weighted by molar-refractivity contribution is 9.10. The maximum atomic E-state index is 10.4. The monoisotopic (exact) mass is 286 g/mol. The minimum Gasteiger partial charge on any atom is -0.481 e. The quantitative estimate of drug-likeness (QED) is 0.895. The average Bonchev–Trinajstić information content (AvgIpc) is 2.20. The topological polar surface area (TPSA) is 57.5 Å². The Balaban J connectivity index is 2.86. The first-order valence-electron chi connectivity index (χ1n) is 5.08. The summed E-state index contributed by atoms with van der Waals surface area (Å²) in [6.07, 6.45) is -0.477. The van der Waals surface area contributed by atoms with Crippen LogP contribution in [0.15, 0.2) is 16.6 Å². The van der Waals surface area contributed by atoms with Crippen molar-refractivity contribution in [1.82, 2.24) is 0 Å². The molecule has 0 bridgehead atoms. The Morgan fingerprint density at radius 3 is 2.56 bits per heavy atom. The average molecular weight is 287 g/mol. The molecule has 0 heterocycles. The molecule has 1 atom stereocenters. The normalized spacial score (nSPS) is 12.5. The summed E-state index contributed by atoms with van der Waals surface area (Å²) < 4.78 is 0.999. The van der Waals surface area contributed by atoms with E-state index in [2.05, 4.69) is 15.9 Å². The van der Waals surface area contributed by atoms with Crippen molar-refractivity contribution in [2.45, 2.75) is 32.8 Å². The van der Waals surface area contributed by atoms with Crippen LogP contribution in [0.1, 0.15) is 35.6 Å². The smallest absolute Gasteiger partial charge is 0.303 e. The lowest BCUT2D eigenvalue weighted by molar-refractivity contribution is -0.137. The maximum absolute atomic E-state index is 10.4. The van der Waals surface area contributed by atoms with Gasteiger partial charge in [-0.15, -0.1) is 0 Å². The Morgan fingerprint density at radius 1 is 1.38 bits per heavy atom. The fourth-order valence-corrected chi connectivity index (χ4v) is 2.04. The van der Waals surface area contributed by atoms with E-state index in [1.807, 2.05) is 26.0 Å². The number of hydrogen-bond acceptors (Lipinski definition) is 2. The molecule has 0 aromatic heterocycles. The molecule has 1 rings (SSSR count). The number of halogens is 1. The van der Waals surface area contributed by atoms with Crippen molar-refractivity contribution in [1.29, 1.82) is 0 Å². The van der Waals surface area contributed by atoms with Crippen molar-refractivity contribution in [3.63, 3.8) is 0 Å². The second kappa shape index (κ2) is 5.46. The van der Waals surface area contributed by atoms with Gasteiger partial charge in [-0.3, -0.25) is 4.79 Å². The number of hydrogen-bond donors (Lipinski definition) is 2. The molecule has 1 aromatic carbocycles. The molecular weight excluding hydrogens is 272 g/mol. The summed E-state index contributed by atoms with van der Waals surface area (Å²) in [7, 11) is 0. The molecule has 0 spiro atoms. The third-order valence-electron chi connectivity index (χ3n) is 2.54. The Kier molecular flexibility index (Phi) is 4.50. The fourth-order valence-electron chi connectivity index (χ4n) is 1.58. The fraction of sp³-hybridized carbons (Fsp3) is 0.417. The van der Waals surface area contributed by atoms with Crippen molar-refractivity contribution in [3.05, 3.63) is 33.3 Å². The van der Waals surface area contributed by atoms with Gasteiger partial charge in [0.1, 0.15) is 0 Å². The molecule has 0 radical (unpaired) electrons. The number of aryl methyl sites for hydroxylation is 2. The van der Waals surface area contributed by atoms with Crippen LogP contribution in [0.25, 0.3) is 0 Å². The molecule has 0 aliphatic rings. The van der Waals surface area contributed by atoms with Gasteiger partial charge in [-0.05, 0) is 43.0 Å². The van der Waals surface area contributed by atoms with Crippen molar-refractivity contribution in [2.75, 3.05) is 0 Å². The Labute approximate surface area is 103 Å². The number of aliphatic hydroxyl groups is 1. The standard InChI is InChI=1S/C12H15BrO3/c1-7-6-10(13)8(2)5-9(7)11(14)3-4-12(15)16/h5-6,11,14H,3-4H2,1-2H3,(H,15,16). The summed E-state index contributed by atoms with van der Waals surface area (Å²) in [5.41, 5.74) is 2.81. The minimum absolute atomic E-state index is 0.0181. The summed E-state index contributed by atoms with van der Waals surface area (Å²) in [4.78, 5) is 10.4. The molecular formula is C12H15BrO3. The molecule has 2 N–H and O–H groups in total. The molecule has 0 aliphatic carbocycles. The largest absolute Gasteiger partial charge is 0.481 e. The SMILES string of the molecule is Cc1cc(C(O)CCC(=O)O)c(C)cc1Br. The molecule has 0 saturated carbocycles. The lowest BCUT2D eigenvalue weighted by Gasteiger charge is -2.14. The van der Waals surface area contributed by atoms with Crippen LogP contribution in [0.5, 0.6) is 0 Å². The molecule has 3 nitrogen and oxygen atoms in total. The van der Waals surface area contributed by atoms with Crippen LogP contribution in [0, 0.1) is 13.8 Å². The van der Waals surface area contributed by atoms with Crippen molar-refractivity contribution >= 4 is 21.9 Å². The lowest BCUT2D eigenvalue weighted by atomic mass is 9.98. The second-order valence-electron chi connectivity index (χ2n) is 3.91. The molecule has 0 amide bonds. The Bertz CT molecular complexity index is 401. The van der Waals surface area contributed by atoms with Gasteiger partial charge >= 0.3 is 5.97 Å². The van der Waals surface area contributed by atoms with E-state index in [1.165, 1.54) is 0 Å². The lowest BCUT2D eigenvalue weighted by Crippen LogP contribution is -2.04. The first-order valence-corrected chi connectivity index (χ1v) is 5.87.